The second-order valence-electron chi connectivity index (χ2n) is 3.85. The molecule has 0 atom stereocenters. The Bertz CT molecular complexity index is 666. The molecule has 0 unspecified atom stereocenters. The highest BCUT2D eigenvalue weighted by Gasteiger charge is 2.19. The number of hydrogen-bond donors (Lipinski definition) is 3. The third-order valence-corrected chi connectivity index (χ3v) is 2.89. The molecule has 0 spiro atoms. The molecular formula is C12H10ClFN4O2. The average Bonchev–Trinajstić information content (AvgIpc) is 2.41. The molecule has 0 aliphatic rings. The Morgan fingerprint density at radius 3 is 2.50 bits per heavy atom. The minimum absolute atomic E-state index is 0.116. The fourth-order valence-corrected chi connectivity index (χ4v) is 1.91. The molecule has 2 aromatic rings. The summed E-state index contributed by atoms with van der Waals surface area (Å²) in [5.41, 5.74) is 2.72. The van der Waals surface area contributed by atoms with Gasteiger partial charge in [0.1, 0.15) is 17.2 Å². The lowest BCUT2D eigenvalue weighted by Crippen LogP contribution is -2.10. The Kier molecular flexibility index (Phi) is 4.02. The van der Waals surface area contributed by atoms with Gasteiger partial charge in [-0.05, 0) is 30.3 Å². The average molecular weight is 297 g/mol. The number of nitro benzene ring substituents is 1. The van der Waals surface area contributed by atoms with Crippen molar-refractivity contribution in [3.63, 3.8) is 0 Å². The first-order valence-electron chi connectivity index (χ1n) is 5.49. The molecule has 2 rings (SSSR count). The van der Waals surface area contributed by atoms with Crippen LogP contribution in [0.1, 0.15) is 0 Å². The maximum absolute atomic E-state index is 13.0. The molecule has 0 heterocycles. The van der Waals surface area contributed by atoms with Gasteiger partial charge in [0.05, 0.1) is 15.6 Å². The number of nitro groups is 1. The Hall–Kier alpha value is -2.38. The first-order chi connectivity index (χ1) is 9.52. The van der Waals surface area contributed by atoms with Gasteiger partial charge >= 0.3 is 5.69 Å². The predicted molar refractivity (Wildman–Crippen MR) is 75.6 cm³/mol. The molecule has 0 saturated heterocycles. The number of hydrazine groups is 1. The number of anilines is 3. The SMILES string of the molecule is NNc1cccc(Nc2ccc(F)cc2Cl)c1[N+](=O)[O-]. The lowest BCUT2D eigenvalue weighted by Gasteiger charge is -2.11. The first kappa shape index (κ1) is 14.0. The molecule has 0 amide bonds. The van der Waals surface area contributed by atoms with Crippen LogP contribution in [0.2, 0.25) is 5.02 Å². The van der Waals surface area contributed by atoms with Crippen molar-refractivity contribution in [1.82, 2.24) is 0 Å². The van der Waals surface area contributed by atoms with Crippen LogP contribution < -0.4 is 16.6 Å². The van der Waals surface area contributed by atoms with Crippen molar-refractivity contribution < 1.29 is 9.31 Å². The van der Waals surface area contributed by atoms with Crippen LogP contribution in [0.5, 0.6) is 0 Å². The number of nitrogens with zero attached hydrogens (tertiary/aromatic N) is 1. The minimum atomic E-state index is -0.574. The van der Waals surface area contributed by atoms with Gasteiger partial charge in [0.2, 0.25) is 0 Å². The third kappa shape index (κ3) is 2.79. The summed E-state index contributed by atoms with van der Waals surface area (Å²) >= 11 is 5.87. The summed E-state index contributed by atoms with van der Waals surface area (Å²) in [7, 11) is 0. The predicted octanol–water partition coefficient (Wildman–Crippen LogP) is 3.42. The normalized spacial score (nSPS) is 10.2. The van der Waals surface area contributed by atoms with Crippen molar-refractivity contribution in [3.05, 3.63) is 57.4 Å². The zero-order chi connectivity index (χ0) is 14.7. The topological polar surface area (TPSA) is 93.2 Å². The lowest BCUT2D eigenvalue weighted by molar-refractivity contribution is -0.383. The summed E-state index contributed by atoms with van der Waals surface area (Å²) in [6.07, 6.45) is 0. The van der Waals surface area contributed by atoms with Gasteiger partial charge in [-0.3, -0.25) is 16.0 Å². The second-order valence-corrected chi connectivity index (χ2v) is 4.26. The van der Waals surface area contributed by atoms with Gasteiger partial charge in [0.15, 0.2) is 0 Å². The Morgan fingerprint density at radius 2 is 1.90 bits per heavy atom. The van der Waals surface area contributed by atoms with E-state index in [9.17, 15) is 14.5 Å². The van der Waals surface area contributed by atoms with Crippen LogP contribution in [-0.4, -0.2) is 4.92 Å². The fraction of sp³-hybridized carbons (Fsp3) is 0. The van der Waals surface area contributed by atoms with E-state index in [4.69, 9.17) is 17.4 Å². The quantitative estimate of drug-likeness (QED) is 0.456. The Balaban J connectivity index is 2.45. The van der Waals surface area contributed by atoms with Gasteiger partial charge in [-0.1, -0.05) is 17.7 Å². The second kappa shape index (κ2) is 5.72. The van der Waals surface area contributed by atoms with Gasteiger partial charge < -0.3 is 10.7 Å². The van der Waals surface area contributed by atoms with Gasteiger partial charge in [-0.25, -0.2) is 4.39 Å². The largest absolute Gasteiger partial charge is 0.349 e. The van der Waals surface area contributed by atoms with Crippen molar-refractivity contribution in [2.24, 2.45) is 5.84 Å². The maximum Gasteiger partial charge on any atom is 0.316 e. The molecule has 0 aromatic heterocycles. The molecule has 104 valence electrons. The van der Waals surface area contributed by atoms with Crippen LogP contribution in [-0.2, 0) is 0 Å². The maximum atomic E-state index is 13.0. The number of hydrogen-bond acceptors (Lipinski definition) is 5. The van der Waals surface area contributed by atoms with Crippen molar-refractivity contribution in [2.75, 3.05) is 10.7 Å². The summed E-state index contributed by atoms with van der Waals surface area (Å²) in [4.78, 5) is 10.5. The summed E-state index contributed by atoms with van der Waals surface area (Å²) in [6, 6.07) is 8.26. The van der Waals surface area contributed by atoms with Crippen LogP contribution in [0.4, 0.5) is 27.1 Å². The first-order valence-corrected chi connectivity index (χ1v) is 5.87. The number of benzene rings is 2. The third-order valence-electron chi connectivity index (χ3n) is 2.57. The van der Waals surface area contributed by atoms with E-state index >= 15 is 0 Å². The number of nitrogens with one attached hydrogen (secondary N) is 2. The lowest BCUT2D eigenvalue weighted by atomic mass is 10.2. The number of rotatable bonds is 4. The number of para-hydroxylation sites is 1. The highest BCUT2D eigenvalue weighted by atomic mass is 35.5. The van der Waals surface area contributed by atoms with Crippen LogP contribution in [0.3, 0.4) is 0 Å². The summed E-state index contributed by atoms with van der Waals surface area (Å²) < 4.78 is 13.0. The molecule has 8 heteroatoms. The molecule has 0 radical (unpaired) electrons. The zero-order valence-corrected chi connectivity index (χ0v) is 10.8. The van der Waals surface area contributed by atoms with Gasteiger partial charge in [0, 0.05) is 0 Å². The van der Waals surface area contributed by atoms with E-state index in [0.29, 0.717) is 5.69 Å². The van der Waals surface area contributed by atoms with E-state index in [1.165, 1.54) is 24.3 Å². The number of nitrogen functional groups attached to an aromatic ring is 1. The molecule has 2 aromatic carbocycles. The molecule has 0 fully saturated rings. The molecule has 4 N–H and O–H groups in total. The van der Waals surface area contributed by atoms with Gasteiger partial charge in [-0.2, -0.15) is 0 Å². The van der Waals surface area contributed by atoms with Crippen molar-refractivity contribution in [1.29, 1.82) is 0 Å². The highest BCUT2D eigenvalue weighted by molar-refractivity contribution is 6.33. The fourth-order valence-electron chi connectivity index (χ4n) is 1.69. The standard InChI is InChI=1S/C12H10ClFN4O2/c13-8-6-7(14)4-5-9(8)16-10-2-1-3-11(17-15)12(10)18(19)20/h1-6,16-17H,15H2. The van der Waals surface area contributed by atoms with Crippen LogP contribution >= 0.6 is 11.6 Å². The van der Waals surface area contributed by atoms with E-state index in [1.807, 2.05) is 0 Å². The van der Waals surface area contributed by atoms with E-state index in [-0.39, 0.29) is 22.1 Å². The molecular weight excluding hydrogens is 287 g/mol. The van der Waals surface area contributed by atoms with E-state index in [0.717, 1.165) is 6.07 Å². The monoisotopic (exact) mass is 296 g/mol. The molecule has 0 saturated carbocycles. The zero-order valence-electron chi connectivity index (χ0n) is 10.1. The summed E-state index contributed by atoms with van der Waals surface area (Å²) in [6.45, 7) is 0. The smallest absolute Gasteiger partial charge is 0.316 e. The van der Waals surface area contributed by atoms with Crippen LogP contribution in [0, 0.1) is 15.9 Å². The van der Waals surface area contributed by atoms with Crippen LogP contribution in [0.25, 0.3) is 0 Å². The number of halogens is 2. The number of nitrogens with two attached hydrogens (primary N) is 1. The molecule has 6 nitrogen and oxygen atoms in total. The summed E-state index contributed by atoms with van der Waals surface area (Å²) in [5.74, 6) is 4.75. The highest BCUT2D eigenvalue weighted by Crippen LogP contribution is 2.35. The molecule has 0 aliphatic carbocycles. The minimum Gasteiger partial charge on any atom is -0.349 e. The Labute approximate surface area is 118 Å². The van der Waals surface area contributed by atoms with Crippen molar-refractivity contribution in [3.8, 4) is 0 Å². The Morgan fingerprint density at radius 1 is 1.20 bits per heavy atom. The summed E-state index contributed by atoms with van der Waals surface area (Å²) in [5, 5.41) is 14.0. The van der Waals surface area contributed by atoms with E-state index in [1.54, 1.807) is 6.07 Å². The molecule has 20 heavy (non-hydrogen) atoms. The molecule has 0 bridgehead atoms. The van der Waals surface area contributed by atoms with Gasteiger partial charge in [0.25, 0.3) is 0 Å². The van der Waals surface area contributed by atoms with Crippen LogP contribution in [0.15, 0.2) is 36.4 Å². The van der Waals surface area contributed by atoms with Gasteiger partial charge in [-0.15, -0.1) is 0 Å². The van der Waals surface area contributed by atoms with Crippen molar-refractivity contribution >= 4 is 34.4 Å². The van der Waals surface area contributed by atoms with Crippen molar-refractivity contribution in [2.45, 2.75) is 0 Å². The van der Waals surface area contributed by atoms with E-state index < -0.39 is 10.7 Å². The molecule has 0 aliphatic heterocycles. The van der Waals surface area contributed by atoms with E-state index in [2.05, 4.69) is 10.7 Å².